The second-order valence-electron chi connectivity index (χ2n) is 18.8. The average molecular weight is 1060 g/mol. The van der Waals surface area contributed by atoms with Crippen LogP contribution in [0.4, 0.5) is 5.69 Å². The first-order chi connectivity index (χ1) is 36.8. The van der Waals surface area contributed by atoms with Crippen molar-refractivity contribution >= 4 is 55.3 Å². The summed E-state index contributed by atoms with van der Waals surface area (Å²) in [4.78, 5) is 24.6. The number of nitrogens with one attached hydrogen (secondary N) is 1. The molecular weight excluding hydrogens is 1020 g/mol. The Labute approximate surface area is 437 Å². The number of carbonyl (C=O) groups excluding carboxylic acids is 2. The standard InChI is InChI=1S/C61H46NO11P3/c1-39(63)36-60(74(67)57-20-10-5-15-50(57)47-12-2-7-17-54(47)71-74)53(66)38-62-42-26-32-45(33-27-42)70-46-34-35-52-49-14-4-9-19-56(49)73-76(69,59(52)37-46)61(40-22-28-43(64)29-23-40,41-24-30-44(65)31-25-41)75(68)58-21-11-6-16-51(58)48-13-3-8-18-55(48)72-75/h2-35,37,60,62,64-65H,36,38H2,1H3. The summed E-state index contributed by atoms with van der Waals surface area (Å²) in [5, 5.41) is 25.5. The van der Waals surface area contributed by atoms with E-state index in [4.69, 9.17) is 18.3 Å². The van der Waals surface area contributed by atoms with Gasteiger partial charge >= 0.3 is 14.7 Å². The number of ether oxygens (including phenoxy) is 1. The molecule has 3 aliphatic heterocycles. The Hall–Kier alpha value is -8.39. The third kappa shape index (κ3) is 7.78. The monoisotopic (exact) mass is 1060 g/mol. The maximum Gasteiger partial charge on any atom is 0.303 e. The molecule has 0 aromatic heterocycles. The molecule has 3 N–H and O–H groups in total. The smallest absolute Gasteiger partial charge is 0.303 e. The van der Waals surface area contributed by atoms with E-state index in [0.29, 0.717) is 61.4 Å². The molecule has 12 rings (SSSR count). The zero-order valence-electron chi connectivity index (χ0n) is 40.6. The van der Waals surface area contributed by atoms with Crippen LogP contribution >= 0.6 is 22.1 Å². The van der Waals surface area contributed by atoms with Gasteiger partial charge in [0.1, 0.15) is 51.7 Å². The molecule has 0 bridgehead atoms. The molecule has 3 aliphatic rings. The van der Waals surface area contributed by atoms with Crippen LogP contribution in [-0.2, 0) is 28.2 Å². The van der Waals surface area contributed by atoms with Crippen molar-refractivity contribution in [1.29, 1.82) is 0 Å². The van der Waals surface area contributed by atoms with Gasteiger partial charge in [-0.15, -0.1) is 0 Å². The zero-order chi connectivity index (χ0) is 52.4. The van der Waals surface area contributed by atoms with Gasteiger partial charge < -0.3 is 33.8 Å². The SMILES string of the molecule is CC(=O)CC(C(=O)CNc1ccc(Oc2ccc3c(c2)P(=O)(C(c2ccc(O)cc2)(c2ccc(O)cc2)P2(=O)Oc4ccccc4-c4ccccc42)Oc2ccccc2-3)cc1)P1(=O)Oc2ccccc2-c2ccccc21. The average Bonchev–Trinajstić information content (AvgIpc) is 3.57. The summed E-state index contributed by atoms with van der Waals surface area (Å²) in [6.07, 6.45) is -0.276. The molecule has 76 heavy (non-hydrogen) atoms. The highest BCUT2D eigenvalue weighted by Crippen LogP contribution is 2.84. The van der Waals surface area contributed by atoms with Crippen molar-refractivity contribution < 1.29 is 51.8 Å². The van der Waals surface area contributed by atoms with Crippen LogP contribution in [0.15, 0.2) is 212 Å². The first kappa shape index (κ1) is 48.5. The lowest BCUT2D eigenvalue weighted by Crippen LogP contribution is -2.42. The maximum atomic E-state index is 17.6. The maximum absolute atomic E-state index is 17.6. The third-order valence-corrected chi connectivity index (χ3v) is 24.3. The summed E-state index contributed by atoms with van der Waals surface area (Å²) < 4.78 is 76.7. The van der Waals surface area contributed by atoms with Gasteiger partial charge in [-0.2, -0.15) is 0 Å². The number of rotatable bonds is 13. The molecule has 12 nitrogen and oxygen atoms in total. The number of ketones is 2. The number of para-hydroxylation sites is 3. The van der Waals surface area contributed by atoms with Gasteiger partial charge in [0, 0.05) is 28.8 Å². The molecule has 15 heteroatoms. The first-order valence-corrected chi connectivity index (χ1v) is 29.4. The molecular formula is C61H46NO11P3. The summed E-state index contributed by atoms with van der Waals surface area (Å²) in [5.74, 6) is 0.640. The Balaban J connectivity index is 0.926. The highest BCUT2D eigenvalue weighted by atomic mass is 31.2. The van der Waals surface area contributed by atoms with Gasteiger partial charge in [-0.05, 0) is 132 Å². The Morgan fingerprint density at radius 1 is 0.500 bits per heavy atom. The van der Waals surface area contributed by atoms with Gasteiger partial charge in [-0.3, -0.25) is 23.3 Å². The van der Waals surface area contributed by atoms with Crippen LogP contribution in [0.5, 0.6) is 40.2 Å². The van der Waals surface area contributed by atoms with E-state index in [1.165, 1.54) is 31.2 Å². The van der Waals surface area contributed by atoms with E-state index in [0.717, 1.165) is 5.56 Å². The molecule has 9 aromatic carbocycles. The number of Topliss-reactive ketones (excluding diaryl/α,β-unsaturated/α-hetero) is 2. The number of aromatic hydroxyl groups is 2. The lowest BCUT2D eigenvalue weighted by Gasteiger charge is -2.48. The van der Waals surface area contributed by atoms with E-state index >= 15 is 13.7 Å². The fraction of sp³-hybridized carbons (Fsp3) is 0.0820. The Kier molecular flexibility index (Phi) is 12.0. The van der Waals surface area contributed by atoms with Crippen LogP contribution in [-0.4, -0.2) is 34.0 Å². The van der Waals surface area contributed by atoms with E-state index in [1.807, 2.05) is 60.7 Å². The summed E-state index contributed by atoms with van der Waals surface area (Å²) >= 11 is 0. The number of phenols is 2. The summed E-state index contributed by atoms with van der Waals surface area (Å²) in [6.45, 7) is 1.10. The molecule has 0 amide bonds. The second-order valence-corrected chi connectivity index (χ2v) is 26.5. The van der Waals surface area contributed by atoms with Gasteiger partial charge in [-0.25, -0.2) is 0 Å². The molecule has 0 aliphatic carbocycles. The second kappa shape index (κ2) is 18.8. The first-order valence-electron chi connectivity index (χ1n) is 24.4. The van der Waals surface area contributed by atoms with Gasteiger partial charge in [-0.1, -0.05) is 115 Å². The minimum Gasteiger partial charge on any atom is -0.508 e. The number of benzene rings is 9. The van der Waals surface area contributed by atoms with E-state index in [1.54, 1.807) is 127 Å². The molecule has 0 saturated heterocycles. The molecule has 0 fully saturated rings. The van der Waals surface area contributed by atoms with Crippen molar-refractivity contribution in [2.75, 3.05) is 11.9 Å². The largest absolute Gasteiger partial charge is 0.508 e. The highest BCUT2D eigenvalue weighted by Gasteiger charge is 2.70. The van der Waals surface area contributed by atoms with Crippen molar-refractivity contribution in [3.8, 4) is 73.6 Å². The summed E-state index contributed by atoms with van der Waals surface area (Å²) in [5.41, 5.74) is 3.67. The number of fused-ring (bicyclic) bond motifs is 9. The highest BCUT2D eigenvalue weighted by molar-refractivity contribution is 7.86. The normalized spacial score (nSPS) is 19.0. The molecule has 0 radical (unpaired) electrons. The van der Waals surface area contributed by atoms with Gasteiger partial charge in [0.2, 0.25) is 4.90 Å². The lowest BCUT2D eigenvalue weighted by atomic mass is 10.0. The van der Waals surface area contributed by atoms with Crippen molar-refractivity contribution in [2.45, 2.75) is 23.9 Å². The predicted molar refractivity (Wildman–Crippen MR) is 295 cm³/mol. The molecule has 9 aromatic rings. The topological polar surface area (TPSA) is 175 Å². The van der Waals surface area contributed by atoms with E-state index in [2.05, 4.69) is 5.32 Å². The summed E-state index contributed by atoms with van der Waals surface area (Å²) in [7, 11) is -13.4. The Bertz CT molecular complexity index is 3910. The number of hydrogen-bond acceptors (Lipinski definition) is 12. The number of phenolic OH excluding ortho intramolecular Hbond substituents is 2. The zero-order valence-corrected chi connectivity index (χ0v) is 43.3. The van der Waals surface area contributed by atoms with Crippen LogP contribution in [0.1, 0.15) is 24.5 Å². The van der Waals surface area contributed by atoms with Crippen LogP contribution in [0.2, 0.25) is 0 Å². The minimum atomic E-state index is -4.80. The molecule has 4 atom stereocenters. The Morgan fingerprint density at radius 3 is 1.47 bits per heavy atom. The quantitative estimate of drug-likeness (QED) is 0.0934. The van der Waals surface area contributed by atoms with Crippen molar-refractivity contribution in [2.24, 2.45) is 0 Å². The minimum absolute atomic E-state index is 0.0879. The lowest BCUT2D eigenvalue weighted by molar-refractivity contribution is -0.122. The molecule has 0 saturated carbocycles. The number of hydrogen-bond donors (Lipinski definition) is 3. The fourth-order valence-corrected chi connectivity index (χ4v) is 21.4. The van der Waals surface area contributed by atoms with Gasteiger partial charge in [0.05, 0.1) is 22.5 Å². The van der Waals surface area contributed by atoms with Crippen LogP contribution in [0.3, 0.4) is 0 Å². The number of carbonyl (C=O) groups is 2. The van der Waals surface area contributed by atoms with Crippen LogP contribution in [0.25, 0.3) is 33.4 Å². The van der Waals surface area contributed by atoms with Gasteiger partial charge in [0.15, 0.2) is 5.78 Å². The van der Waals surface area contributed by atoms with Crippen LogP contribution in [0, 0.1) is 0 Å². The summed E-state index contributed by atoms with van der Waals surface area (Å²) in [6, 6.07) is 59.9. The van der Waals surface area contributed by atoms with Crippen molar-refractivity contribution in [1.82, 2.24) is 0 Å². The predicted octanol–water partition coefficient (Wildman–Crippen LogP) is 13.4. The molecule has 4 unspecified atom stereocenters. The molecule has 376 valence electrons. The van der Waals surface area contributed by atoms with Gasteiger partial charge in [0.25, 0.3) is 7.37 Å². The van der Waals surface area contributed by atoms with E-state index in [9.17, 15) is 19.8 Å². The fourth-order valence-electron chi connectivity index (χ4n) is 10.8. The third-order valence-electron chi connectivity index (χ3n) is 14.2. The van der Waals surface area contributed by atoms with E-state index < -0.39 is 38.4 Å². The van der Waals surface area contributed by atoms with Crippen molar-refractivity contribution in [3.05, 3.63) is 223 Å². The van der Waals surface area contributed by atoms with E-state index in [-0.39, 0.29) is 58.2 Å². The number of anilines is 1. The Morgan fingerprint density at radius 2 is 0.934 bits per heavy atom. The van der Waals surface area contributed by atoms with Crippen molar-refractivity contribution in [3.63, 3.8) is 0 Å². The molecule has 3 heterocycles. The molecule has 0 spiro atoms. The van der Waals surface area contributed by atoms with Crippen LogP contribution < -0.4 is 39.5 Å².